The maximum absolute atomic E-state index is 11.5. The van der Waals surface area contributed by atoms with Gasteiger partial charge >= 0.3 is 0 Å². The van der Waals surface area contributed by atoms with Gasteiger partial charge in [0.15, 0.2) is 0 Å². The lowest BCUT2D eigenvalue weighted by molar-refractivity contribution is 0.477. The van der Waals surface area contributed by atoms with Crippen LogP contribution in [0.25, 0.3) is 105 Å². The van der Waals surface area contributed by atoms with Crippen LogP contribution in [0.5, 0.6) is 17.2 Å². The maximum Gasteiger partial charge on any atom is 0.202 e. The van der Waals surface area contributed by atoms with E-state index in [9.17, 15) is 5.11 Å². The van der Waals surface area contributed by atoms with Crippen molar-refractivity contribution >= 4 is 83.6 Å². The lowest BCUT2D eigenvalue weighted by Gasteiger charge is -2.25. The largest absolute Gasteiger partial charge is 0.507 e. The third-order valence-corrected chi connectivity index (χ3v) is 13.6. The fourth-order valence-corrected chi connectivity index (χ4v) is 10.8. The molecule has 66 heavy (non-hydrogen) atoms. The van der Waals surface area contributed by atoms with E-state index in [2.05, 4.69) is 215 Å². The molecule has 1 radical (unpaired) electrons. The summed E-state index contributed by atoms with van der Waals surface area (Å²) in [7, 11) is 2.22. The van der Waals surface area contributed by atoms with E-state index in [0.717, 1.165) is 94.6 Å². The van der Waals surface area contributed by atoms with Crippen LogP contribution in [0.2, 0.25) is 0 Å². The molecule has 0 spiro atoms. The zero-order valence-corrected chi connectivity index (χ0v) is 35.6. The summed E-state index contributed by atoms with van der Waals surface area (Å²) in [5.74, 6) is 1.71. The Morgan fingerprint density at radius 1 is 0.348 bits per heavy atom. The van der Waals surface area contributed by atoms with E-state index in [1.807, 2.05) is 18.2 Å². The van der Waals surface area contributed by atoms with Crippen LogP contribution in [-0.2, 0) is 0 Å². The minimum atomic E-state index is 0.209. The number of phenolic OH excluding ortho intramolecular Hbond substituents is 1. The number of aromatic hydroxyl groups is 1. The predicted octanol–water partition coefficient (Wildman–Crippen LogP) is 13.8. The number of aromatic nitrogens is 3. The number of benzene rings is 10. The Labute approximate surface area is 380 Å². The molecular weight excluding hydrogens is 805 g/mol. The third kappa shape index (κ3) is 5.36. The normalized spacial score (nSPS) is 12.2. The van der Waals surface area contributed by atoms with E-state index in [1.54, 1.807) is 6.07 Å². The first kappa shape index (κ1) is 36.7. The van der Waals surface area contributed by atoms with E-state index < -0.39 is 0 Å². The molecule has 0 saturated carbocycles. The molecule has 1 aliphatic rings. The molecule has 0 bridgehead atoms. The summed E-state index contributed by atoms with van der Waals surface area (Å²) in [6, 6.07) is 77.1. The Bertz CT molecular complexity index is 4050. The summed E-state index contributed by atoms with van der Waals surface area (Å²) in [5.41, 5.74) is 15.6. The molecular formula is C60H37BN3O2. The fourth-order valence-electron chi connectivity index (χ4n) is 10.8. The van der Waals surface area contributed by atoms with Crippen LogP contribution in [-0.4, -0.2) is 26.1 Å². The minimum Gasteiger partial charge on any atom is -0.507 e. The molecule has 1 N–H and O–H groups in total. The van der Waals surface area contributed by atoms with Crippen molar-refractivity contribution in [1.29, 1.82) is 0 Å². The summed E-state index contributed by atoms with van der Waals surface area (Å²) in [4.78, 5) is 0. The summed E-state index contributed by atoms with van der Waals surface area (Å²) in [5, 5.41) is 18.8. The number of ether oxygens (including phenoxy) is 1. The van der Waals surface area contributed by atoms with Crippen LogP contribution < -0.4 is 15.7 Å². The van der Waals surface area contributed by atoms with Gasteiger partial charge in [-0.3, -0.25) is 0 Å². The first-order valence-electron chi connectivity index (χ1n) is 22.4. The average molecular weight is 843 g/mol. The van der Waals surface area contributed by atoms with E-state index in [0.29, 0.717) is 0 Å². The van der Waals surface area contributed by atoms with Crippen molar-refractivity contribution in [3.05, 3.63) is 218 Å². The first-order chi connectivity index (χ1) is 32.7. The Morgan fingerprint density at radius 3 is 1.45 bits per heavy atom. The van der Waals surface area contributed by atoms with E-state index >= 15 is 0 Å². The summed E-state index contributed by atoms with van der Waals surface area (Å²) in [6.07, 6.45) is 0. The average Bonchev–Trinajstić information content (AvgIpc) is 4.01. The second-order valence-corrected chi connectivity index (χ2v) is 17.2. The predicted molar refractivity (Wildman–Crippen MR) is 274 cm³/mol. The van der Waals surface area contributed by atoms with Crippen LogP contribution in [0, 0.1) is 0 Å². The van der Waals surface area contributed by atoms with Gasteiger partial charge in [0.1, 0.15) is 17.2 Å². The van der Waals surface area contributed by atoms with Gasteiger partial charge < -0.3 is 23.5 Å². The molecule has 5 nitrogen and oxygen atoms in total. The van der Waals surface area contributed by atoms with E-state index in [-0.39, 0.29) is 5.75 Å². The van der Waals surface area contributed by atoms with Crippen LogP contribution >= 0.6 is 0 Å². The summed E-state index contributed by atoms with van der Waals surface area (Å²) >= 11 is 0. The molecule has 6 heteroatoms. The third-order valence-electron chi connectivity index (χ3n) is 13.6. The summed E-state index contributed by atoms with van der Waals surface area (Å²) in [6.45, 7) is 0. The number of nitrogens with zero attached hydrogens (tertiary/aromatic N) is 3. The zero-order valence-electron chi connectivity index (χ0n) is 35.6. The number of rotatable bonds is 5. The van der Waals surface area contributed by atoms with Crippen molar-refractivity contribution in [3.8, 4) is 56.6 Å². The molecule has 0 fully saturated rings. The lowest BCUT2D eigenvalue weighted by Crippen LogP contribution is -2.35. The number of phenols is 1. The van der Waals surface area contributed by atoms with Gasteiger partial charge in [0, 0.05) is 55.2 Å². The Morgan fingerprint density at radius 2 is 0.848 bits per heavy atom. The van der Waals surface area contributed by atoms with Crippen LogP contribution in [0.1, 0.15) is 0 Å². The summed E-state index contributed by atoms with van der Waals surface area (Å²) < 4.78 is 14.1. The van der Waals surface area contributed by atoms with Gasteiger partial charge in [-0.1, -0.05) is 146 Å². The first-order valence-corrected chi connectivity index (χ1v) is 22.4. The second-order valence-electron chi connectivity index (χ2n) is 17.2. The van der Waals surface area contributed by atoms with Crippen molar-refractivity contribution in [1.82, 2.24) is 13.7 Å². The molecule has 0 amide bonds. The smallest absolute Gasteiger partial charge is 0.202 e. The van der Waals surface area contributed by atoms with Crippen molar-refractivity contribution in [3.63, 3.8) is 0 Å². The highest BCUT2D eigenvalue weighted by Gasteiger charge is 2.27. The van der Waals surface area contributed by atoms with Crippen LogP contribution in [0.15, 0.2) is 218 Å². The second kappa shape index (κ2) is 14.1. The monoisotopic (exact) mass is 842 g/mol. The molecule has 1 aliphatic heterocycles. The quantitative estimate of drug-likeness (QED) is 0.175. The van der Waals surface area contributed by atoms with Crippen molar-refractivity contribution in [2.24, 2.45) is 0 Å². The maximum atomic E-state index is 11.5. The highest BCUT2D eigenvalue weighted by Crippen LogP contribution is 2.42. The van der Waals surface area contributed by atoms with Gasteiger partial charge in [-0.15, -0.1) is 0 Å². The van der Waals surface area contributed by atoms with Gasteiger partial charge in [-0.05, 0) is 88.8 Å². The van der Waals surface area contributed by atoms with Crippen molar-refractivity contribution < 1.29 is 9.84 Å². The topological polar surface area (TPSA) is 44.2 Å². The van der Waals surface area contributed by atoms with Crippen molar-refractivity contribution in [2.45, 2.75) is 0 Å². The molecule has 4 heterocycles. The van der Waals surface area contributed by atoms with Gasteiger partial charge in [0.05, 0.1) is 44.5 Å². The molecule has 0 aliphatic carbocycles. The Kier molecular flexibility index (Phi) is 7.86. The molecule has 0 unspecified atom stereocenters. The molecule has 13 aromatic rings. The number of fused-ring (bicyclic) bond motifs is 11. The van der Waals surface area contributed by atoms with Gasteiger partial charge in [0.2, 0.25) is 7.28 Å². The fraction of sp³-hybridized carbons (Fsp3) is 0. The minimum absolute atomic E-state index is 0.209. The Hall–Kier alpha value is -8.74. The lowest BCUT2D eigenvalue weighted by atomic mass is 9.59. The SMILES string of the molecule is Oc1ccccc1-c1cc(-n2c3ccccc3c3ccc(-n4c5ccccc5c5ccccc54)cc32)cc2c1[B]c1cc(-c3ccccc3-n3c4ccccc4c4ccccc43)ccc1O2. The van der Waals surface area contributed by atoms with Gasteiger partial charge in [-0.25, -0.2) is 0 Å². The molecule has 10 aromatic carbocycles. The van der Waals surface area contributed by atoms with Crippen LogP contribution in [0.4, 0.5) is 0 Å². The highest BCUT2D eigenvalue weighted by molar-refractivity contribution is 6.71. The van der Waals surface area contributed by atoms with Gasteiger partial charge in [-0.2, -0.15) is 0 Å². The standard InChI is InChI=1S/C60H37BN3O2/c65-57-28-14-7-21-47(57)48-34-39(63-53-25-11-4-20-45(53)46-31-30-38(35-56(46)63)62-51-23-9-2-16-41(51)42-17-3-10-24-52(42)62)36-59-60(48)61-49-33-37(29-32-58(49)66-59)40-15-1-8-22-50(40)64-54-26-12-5-18-43(54)44-19-6-13-27-55(44)64/h1-36,65H. The van der Waals surface area contributed by atoms with Gasteiger partial charge in [0.25, 0.3) is 0 Å². The number of hydrogen-bond acceptors (Lipinski definition) is 2. The number of hydrogen-bond donors (Lipinski definition) is 1. The molecule has 307 valence electrons. The zero-order chi connectivity index (χ0) is 43.5. The Balaban J connectivity index is 0.943. The molecule has 3 aromatic heterocycles. The van der Waals surface area contributed by atoms with E-state index in [1.165, 1.54) is 32.6 Å². The van der Waals surface area contributed by atoms with Crippen LogP contribution in [0.3, 0.4) is 0 Å². The van der Waals surface area contributed by atoms with Crippen molar-refractivity contribution in [2.75, 3.05) is 0 Å². The molecule has 0 atom stereocenters. The van der Waals surface area contributed by atoms with E-state index in [4.69, 9.17) is 4.74 Å². The molecule has 0 saturated heterocycles. The number of para-hydroxylation sites is 7. The molecule has 14 rings (SSSR count). The highest BCUT2D eigenvalue weighted by atomic mass is 16.5.